The lowest BCUT2D eigenvalue weighted by Crippen LogP contribution is -2.47. The number of hydrogen-bond acceptors (Lipinski definition) is 4. The summed E-state index contributed by atoms with van der Waals surface area (Å²) < 4.78 is 23.0. The molecule has 4 nitrogen and oxygen atoms in total. The van der Waals surface area contributed by atoms with Gasteiger partial charge in [0.15, 0.2) is 9.84 Å². The Hall–Kier alpha value is -0.130. The molecule has 1 aliphatic rings. The monoisotopic (exact) mass is 277 g/mol. The maximum atomic E-state index is 11.5. The van der Waals surface area contributed by atoms with E-state index in [0.29, 0.717) is 12.5 Å². The molecule has 0 radical (unpaired) electrons. The minimum absolute atomic E-state index is 0.101. The zero-order valence-electron chi connectivity index (χ0n) is 11.8. The molecule has 1 saturated carbocycles. The van der Waals surface area contributed by atoms with Gasteiger partial charge in [-0.25, -0.2) is 8.42 Å². The van der Waals surface area contributed by atoms with Gasteiger partial charge in [-0.15, -0.1) is 0 Å². The van der Waals surface area contributed by atoms with E-state index >= 15 is 0 Å². The van der Waals surface area contributed by atoms with Gasteiger partial charge >= 0.3 is 0 Å². The van der Waals surface area contributed by atoms with Gasteiger partial charge < -0.3 is 10.4 Å². The van der Waals surface area contributed by atoms with Crippen LogP contribution in [0.25, 0.3) is 0 Å². The smallest absolute Gasteiger partial charge is 0.151 e. The lowest BCUT2D eigenvalue weighted by Gasteiger charge is -2.36. The average Bonchev–Trinajstić information content (AvgIpc) is 2.26. The molecule has 0 spiro atoms. The van der Waals surface area contributed by atoms with Crippen LogP contribution in [0.5, 0.6) is 0 Å². The molecular formula is C13H27NO3S. The van der Waals surface area contributed by atoms with Crippen LogP contribution in [0.3, 0.4) is 0 Å². The van der Waals surface area contributed by atoms with Crippen molar-refractivity contribution in [2.24, 2.45) is 5.92 Å². The maximum Gasteiger partial charge on any atom is 0.151 e. The molecule has 18 heavy (non-hydrogen) atoms. The molecular weight excluding hydrogens is 250 g/mol. The van der Waals surface area contributed by atoms with Gasteiger partial charge in [0.25, 0.3) is 0 Å². The van der Waals surface area contributed by atoms with E-state index in [4.69, 9.17) is 0 Å². The van der Waals surface area contributed by atoms with Crippen molar-refractivity contribution in [2.75, 3.05) is 18.1 Å². The third-order valence-electron chi connectivity index (χ3n) is 3.79. The predicted molar refractivity (Wildman–Crippen MR) is 74.4 cm³/mol. The molecule has 1 rings (SSSR count). The molecule has 2 N–H and O–H groups in total. The van der Waals surface area contributed by atoms with Crippen molar-refractivity contribution in [2.45, 2.75) is 58.1 Å². The summed E-state index contributed by atoms with van der Waals surface area (Å²) in [6.07, 6.45) is 3.87. The van der Waals surface area contributed by atoms with Crippen LogP contribution in [-0.4, -0.2) is 43.2 Å². The number of hydrogen-bond donors (Lipinski definition) is 2. The molecule has 3 atom stereocenters. The Bertz CT molecular complexity index is 355. The number of aliphatic hydroxyl groups is 1. The quantitative estimate of drug-likeness (QED) is 0.769. The Balaban J connectivity index is 2.40. The highest BCUT2D eigenvalue weighted by Crippen LogP contribution is 2.31. The maximum absolute atomic E-state index is 11.5. The van der Waals surface area contributed by atoms with Crippen molar-refractivity contribution >= 4 is 9.84 Å². The van der Waals surface area contributed by atoms with Crippen molar-refractivity contribution in [1.82, 2.24) is 5.32 Å². The second kappa shape index (κ2) is 6.35. The van der Waals surface area contributed by atoms with Crippen LogP contribution >= 0.6 is 0 Å². The first-order valence-corrected chi connectivity index (χ1v) is 8.75. The highest BCUT2D eigenvalue weighted by molar-refractivity contribution is 7.91. The van der Waals surface area contributed by atoms with Crippen LogP contribution in [0.4, 0.5) is 0 Å². The summed E-state index contributed by atoms with van der Waals surface area (Å²) in [5, 5.41) is 13.6. The molecule has 108 valence electrons. The fraction of sp³-hybridized carbons (Fsp3) is 1.00. The summed E-state index contributed by atoms with van der Waals surface area (Å²) in [6, 6.07) is -0.101. The van der Waals surface area contributed by atoms with Crippen LogP contribution in [0.15, 0.2) is 0 Å². The van der Waals surface area contributed by atoms with Crippen molar-refractivity contribution < 1.29 is 13.5 Å². The van der Waals surface area contributed by atoms with Gasteiger partial charge in [0, 0.05) is 18.3 Å². The number of sulfone groups is 1. The molecule has 0 aromatic carbocycles. The highest BCUT2D eigenvalue weighted by Gasteiger charge is 2.32. The van der Waals surface area contributed by atoms with E-state index in [1.165, 1.54) is 6.42 Å². The number of rotatable bonds is 6. The van der Waals surface area contributed by atoms with Crippen molar-refractivity contribution in [3.63, 3.8) is 0 Å². The highest BCUT2D eigenvalue weighted by atomic mass is 32.2. The minimum Gasteiger partial charge on any atom is -0.389 e. The van der Waals surface area contributed by atoms with E-state index in [-0.39, 0.29) is 17.5 Å². The summed E-state index contributed by atoms with van der Waals surface area (Å²) in [5.41, 5.74) is -0.651. The Morgan fingerprint density at radius 1 is 1.50 bits per heavy atom. The lowest BCUT2D eigenvalue weighted by atomic mass is 9.79. The minimum atomic E-state index is -2.95. The van der Waals surface area contributed by atoms with E-state index in [1.807, 2.05) is 6.92 Å². The Morgan fingerprint density at radius 2 is 2.17 bits per heavy atom. The van der Waals surface area contributed by atoms with Gasteiger partial charge in [0.05, 0.1) is 11.4 Å². The van der Waals surface area contributed by atoms with E-state index in [0.717, 1.165) is 19.3 Å². The van der Waals surface area contributed by atoms with Crippen molar-refractivity contribution in [3.8, 4) is 0 Å². The normalized spacial score (nSPS) is 31.2. The van der Waals surface area contributed by atoms with Gasteiger partial charge in [-0.2, -0.15) is 0 Å². The first kappa shape index (κ1) is 15.9. The zero-order valence-corrected chi connectivity index (χ0v) is 12.6. The van der Waals surface area contributed by atoms with Gasteiger partial charge in [-0.3, -0.25) is 0 Å². The van der Waals surface area contributed by atoms with Gasteiger partial charge in [0.1, 0.15) is 0 Å². The Kier molecular flexibility index (Phi) is 5.62. The molecule has 0 amide bonds. The molecule has 1 fully saturated rings. The molecule has 0 aliphatic heterocycles. The average molecular weight is 277 g/mol. The van der Waals surface area contributed by atoms with Gasteiger partial charge in [0.2, 0.25) is 0 Å². The van der Waals surface area contributed by atoms with Gasteiger partial charge in [-0.05, 0) is 25.7 Å². The topological polar surface area (TPSA) is 66.4 Å². The first-order chi connectivity index (χ1) is 8.26. The van der Waals surface area contributed by atoms with Crippen molar-refractivity contribution in [3.05, 3.63) is 0 Å². The fourth-order valence-electron chi connectivity index (χ4n) is 2.71. The zero-order chi connectivity index (χ0) is 13.8. The van der Waals surface area contributed by atoms with Crippen LogP contribution < -0.4 is 5.32 Å². The van der Waals surface area contributed by atoms with Gasteiger partial charge in [-0.1, -0.05) is 26.7 Å². The molecule has 0 aromatic rings. The second-order valence-corrected chi connectivity index (χ2v) is 8.30. The Labute approximate surface area is 111 Å². The summed E-state index contributed by atoms with van der Waals surface area (Å²) in [6.45, 7) is 6.19. The second-order valence-electron chi connectivity index (χ2n) is 5.91. The molecule has 3 unspecified atom stereocenters. The first-order valence-electron chi connectivity index (χ1n) is 6.92. The molecule has 0 saturated heterocycles. The standard InChI is InChI=1S/C13H27NO3S/c1-4-18(16,17)9-12(3)14-10-13(15)7-5-6-11(2)8-13/h11-12,14-15H,4-10H2,1-3H3. The summed E-state index contributed by atoms with van der Waals surface area (Å²) in [5.74, 6) is 0.885. The molecule has 0 bridgehead atoms. The Morgan fingerprint density at radius 3 is 2.72 bits per heavy atom. The SMILES string of the molecule is CCS(=O)(=O)CC(C)NCC1(O)CCCC(C)C1. The van der Waals surface area contributed by atoms with E-state index in [9.17, 15) is 13.5 Å². The third-order valence-corrected chi connectivity index (χ3v) is 5.68. The van der Waals surface area contributed by atoms with Crippen LogP contribution in [0.1, 0.15) is 46.5 Å². The van der Waals surface area contributed by atoms with Crippen LogP contribution in [-0.2, 0) is 9.84 Å². The molecule has 0 aromatic heterocycles. The summed E-state index contributed by atoms with van der Waals surface area (Å²) in [4.78, 5) is 0. The van der Waals surface area contributed by atoms with Crippen LogP contribution in [0, 0.1) is 5.92 Å². The molecule has 0 heterocycles. The van der Waals surface area contributed by atoms with Crippen LogP contribution in [0.2, 0.25) is 0 Å². The van der Waals surface area contributed by atoms with E-state index in [1.54, 1.807) is 6.92 Å². The fourth-order valence-corrected chi connectivity index (χ4v) is 3.83. The summed E-state index contributed by atoms with van der Waals surface area (Å²) >= 11 is 0. The van der Waals surface area contributed by atoms with E-state index < -0.39 is 15.4 Å². The lowest BCUT2D eigenvalue weighted by molar-refractivity contribution is -0.0129. The van der Waals surface area contributed by atoms with E-state index in [2.05, 4.69) is 12.2 Å². The molecule has 5 heteroatoms. The third kappa shape index (κ3) is 5.24. The van der Waals surface area contributed by atoms with Crippen molar-refractivity contribution in [1.29, 1.82) is 0 Å². The summed E-state index contributed by atoms with van der Waals surface area (Å²) in [7, 11) is -2.95. The number of nitrogens with one attached hydrogen (secondary N) is 1. The largest absolute Gasteiger partial charge is 0.389 e. The predicted octanol–water partition coefficient (Wildman–Crippen LogP) is 1.34. The molecule has 1 aliphatic carbocycles.